The first-order valence-corrected chi connectivity index (χ1v) is 10.2. The third-order valence-electron chi connectivity index (χ3n) is 4.60. The van der Waals surface area contributed by atoms with Gasteiger partial charge in [0.05, 0.1) is 35.9 Å². The third-order valence-corrected chi connectivity index (χ3v) is 5.94. The van der Waals surface area contributed by atoms with E-state index in [1.807, 2.05) is 12.1 Å². The van der Waals surface area contributed by atoms with Crippen LogP contribution in [-0.2, 0) is 0 Å². The van der Waals surface area contributed by atoms with Crippen LogP contribution in [0.2, 0.25) is 5.02 Å². The SMILES string of the molecule is CC[NH+](CC)CCN(C(=O)c1cccc(F)c1)c1nc2c(Cl)cccc2s1. The highest BCUT2D eigenvalue weighted by Gasteiger charge is 2.23. The van der Waals surface area contributed by atoms with Crippen molar-refractivity contribution in [2.24, 2.45) is 0 Å². The van der Waals surface area contributed by atoms with Crippen molar-refractivity contribution in [3.63, 3.8) is 0 Å². The molecule has 0 radical (unpaired) electrons. The molecule has 0 atom stereocenters. The number of likely N-dealkylation sites (N-methyl/N-ethyl adjacent to an activating group) is 1. The van der Waals surface area contributed by atoms with E-state index >= 15 is 0 Å². The fourth-order valence-corrected chi connectivity index (χ4v) is 4.24. The van der Waals surface area contributed by atoms with E-state index in [4.69, 9.17) is 11.6 Å². The number of hydrogen-bond acceptors (Lipinski definition) is 3. The van der Waals surface area contributed by atoms with Gasteiger partial charge in [0.1, 0.15) is 11.3 Å². The molecule has 1 heterocycles. The molecule has 1 aromatic heterocycles. The minimum absolute atomic E-state index is 0.253. The van der Waals surface area contributed by atoms with Crippen LogP contribution in [0.15, 0.2) is 42.5 Å². The molecule has 7 heteroatoms. The van der Waals surface area contributed by atoms with Crippen LogP contribution in [0.3, 0.4) is 0 Å². The Bertz CT molecular complexity index is 942. The molecule has 1 N–H and O–H groups in total. The number of fused-ring (bicyclic) bond motifs is 1. The number of aromatic nitrogens is 1. The predicted molar refractivity (Wildman–Crippen MR) is 110 cm³/mol. The van der Waals surface area contributed by atoms with Gasteiger partial charge in [0.2, 0.25) is 0 Å². The van der Waals surface area contributed by atoms with Crippen molar-refractivity contribution >= 4 is 44.2 Å². The third kappa shape index (κ3) is 4.46. The van der Waals surface area contributed by atoms with Gasteiger partial charge in [-0.3, -0.25) is 9.69 Å². The maximum Gasteiger partial charge on any atom is 0.260 e. The average molecular weight is 407 g/mol. The van der Waals surface area contributed by atoms with E-state index in [-0.39, 0.29) is 5.91 Å². The van der Waals surface area contributed by atoms with E-state index in [1.54, 1.807) is 23.1 Å². The first kappa shape index (κ1) is 19.7. The summed E-state index contributed by atoms with van der Waals surface area (Å²) in [4.78, 5) is 20.8. The summed E-state index contributed by atoms with van der Waals surface area (Å²) in [7, 11) is 0. The summed E-state index contributed by atoms with van der Waals surface area (Å²) < 4.78 is 14.6. The molecule has 0 unspecified atom stereocenters. The number of quaternary nitrogens is 1. The van der Waals surface area contributed by atoms with Gasteiger partial charge < -0.3 is 4.90 Å². The van der Waals surface area contributed by atoms with Crippen molar-refractivity contribution in [1.82, 2.24) is 4.98 Å². The average Bonchev–Trinajstić information content (AvgIpc) is 3.10. The van der Waals surface area contributed by atoms with Crippen molar-refractivity contribution < 1.29 is 14.1 Å². The number of nitrogens with zero attached hydrogens (tertiary/aromatic N) is 2. The Morgan fingerprint density at radius 3 is 2.63 bits per heavy atom. The van der Waals surface area contributed by atoms with E-state index < -0.39 is 5.82 Å². The van der Waals surface area contributed by atoms with Crippen molar-refractivity contribution in [1.29, 1.82) is 0 Å². The lowest BCUT2D eigenvalue weighted by Crippen LogP contribution is -3.12. The molecule has 0 spiro atoms. The van der Waals surface area contributed by atoms with Crippen molar-refractivity contribution in [3.8, 4) is 0 Å². The maximum absolute atomic E-state index is 13.6. The number of anilines is 1. The smallest absolute Gasteiger partial charge is 0.260 e. The fraction of sp³-hybridized carbons (Fsp3) is 0.300. The number of benzene rings is 2. The summed E-state index contributed by atoms with van der Waals surface area (Å²) in [6, 6.07) is 11.4. The Hall–Kier alpha value is -2.02. The second kappa shape index (κ2) is 8.78. The molecule has 0 aliphatic rings. The lowest BCUT2D eigenvalue weighted by Gasteiger charge is -2.23. The van der Waals surface area contributed by atoms with Crippen LogP contribution in [0, 0.1) is 5.82 Å². The highest BCUT2D eigenvalue weighted by atomic mass is 35.5. The van der Waals surface area contributed by atoms with E-state index in [9.17, 15) is 9.18 Å². The molecular formula is C20H22ClFN3OS+. The summed E-state index contributed by atoms with van der Waals surface area (Å²) in [6.07, 6.45) is 0. The maximum atomic E-state index is 13.6. The molecule has 3 rings (SSSR count). The molecule has 0 saturated carbocycles. The molecule has 0 fully saturated rings. The zero-order valence-corrected chi connectivity index (χ0v) is 16.9. The number of thiazole rings is 1. The first-order chi connectivity index (χ1) is 13.0. The van der Waals surface area contributed by atoms with Gasteiger partial charge >= 0.3 is 0 Å². The molecule has 27 heavy (non-hydrogen) atoms. The summed E-state index contributed by atoms with van der Waals surface area (Å²) >= 11 is 7.67. The molecule has 2 aromatic carbocycles. The predicted octanol–water partition coefficient (Wildman–Crippen LogP) is 3.66. The number of hydrogen-bond donors (Lipinski definition) is 1. The van der Waals surface area contributed by atoms with Crippen molar-refractivity contribution in [3.05, 3.63) is 58.9 Å². The van der Waals surface area contributed by atoms with Gasteiger partial charge in [-0.2, -0.15) is 0 Å². The van der Waals surface area contributed by atoms with Gasteiger partial charge in [0, 0.05) is 5.56 Å². The van der Waals surface area contributed by atoms with Crippen molar-refractivity contribution in [2.75, 3.05) is 31.1 Å². The number of nitrogens with one attached hydrogen (secondary N) is 1. The van der Waals surface area contributed by atoms with E-state index in [0.717, 1.165) is 24.3 Å². The molecule has 0 aliphatic heterocycles. The number of carbonyl (C=O) groups excluding carboxylic acids is 1. The highest BCUT2D eigenvalue weighted by molar-refractivity contribution is 7.22. The van der Waals surface area contributed by atoms with Crippen LogP contribution >= 0.6 is 22.9 Å². The molecule has 0 aliphatic carbocycles. The largest absolute Gasteiger partial charge is 0.334 e. The zero-order valence-electron chi connectivity index (χ0n) is 15.3. The normalized spacial score (nSPS) is 11.3. The zero-order chi connectivity index (χ0) is 19.4. The standard InChI is InChI=1S/C20H21ClFN3OS/c1-3-24(4-2)11-12-25(19(26)14-7-5-8-15(22)13-14)20-23-18-16(21)9-6-10-17(18)27-20/h5-10,13H,3-4,11-12H2,1-2H3/p+1. The van der Waals surface area contributed by atoms with Crippen LogP contribution in [-0.4, -0.2) is 37.1 Å². The highest BCUT2D eigenvalue weighted by Crippen LogP contribution is 2.33. The van der Waals surface area contributed by atoms with Gasteiger partial charge in [0.25, 0.3) is 5.91 Å². The quantitative estimate of drug-likeness (QED) is 0.650. The van der Waals surface area contributed by atoms with Crippen LogP contribution in [0.4, 0.5) is 9.52 Å². The summed E-state index contributed by atoms with van der Waals surface area (Å²) in [6.45, 7) is 7.49. The molecule has 142 valence electrons. The van der Waals surface area contributed by atoms with E-state index in [0.29, 0.717) is 27.8 Å². The molecule has 0 bridgehead atoms. The fourth-order valence-electron chi connectivity index (χ4n) is 2.95. The van der Waals surface area contributed by atoms with Crippen molar-refractivity contribution in [2.45, 2.75) is 13.8 Å². The van der Waals surface area contributed by atoms with E-state index in [1.165, 1.54) is 28.4 Å². The Morgan fingerprint density at radius 1 is 1.22 bits per heavy atom. The lowest BCUT2D eigenvalue weighted by atomic mass is 10.2. The summed E-state index contributed by atoms with van der Waals surface area (Å²) in [5.74, 6) is -0.682. The van der Waals surface area contributed by atoms with Gasteiger partial charge in [-0.1, -0.05) is 35.1 Å². The van der Waals surface area contributed by atoms with Gasteiger partial charge in [-0.25, -0.2) is 9.37 Å². The van der Waals surface area contributed by atoms with Crippen LogP contribution < -0.4 is 9.80 Å². The topological polar surface area (TPSA) is 37.6 Å². The number of para-hydroxylation sites is 1. The molecular weight excluding hydrogens is 385 g/mol. The minimum Gasteiger partial charge on any atom is -0.334 e. The monoisotopic (exact) mass is 406 g/mol. The lowest BCUT2D eigenvalue weighted by molar-refractivity contribution is -0.894. The molecule has 3 aromatic rings. The van der Waals surface area contributed by atoms with Crippen LogP contribution in [0.25, 0.3) is 10.2 Å². The Kier molecular flexibility index (Phi) is 6.42. The Morgan fingerprint density at radius 2 is 1.96 bits per heavy atom. The second-order valence-electron chi connectivity index (χ2n) is 6.26. The van der Waals surface area contributed by atoms with Gasteiger partial charge in [0.15, 0.2) is 5.13 Å². The van der Waals surface area contributed by atoms with Crippen LogP contribution in [0.1, 0.15) is 24.2 Å². The molecule has 1 amide bonds. The Balaban J connectivity index is 1.97. The number of amides is 1. The Labute approximate surface area is 167 Å². The molecule has 4 nitrogen and oxygen atoms in total. The number of halogens is 2. The van der Waals surface area contributed by atoms with Crippen LogP contribution in [0.5, 0.6) is 0 Å². The van der Waals surface area contributed by atoms with E-state index in [2.05, 4.69) is 18.8 Å². The second-order valence-corrected chi connectivity index (χ2v) is 7.67. The summed E-state index contributed by atoms with van der Waals surface area (Å²) in [5, 5.41) is 1.14. The van der Waals surface area contributed by atoms with Gasteiger partial charge in [-0.15, -0.1) is 0 Å². The minimum atomic E-state index is -0.428. The molecule has 0 saturated heterocycles. The first-order valence-electron chi connectivity index (χ1n) is 8.99. The van der Waals surface area contributed by atoms with Gasteiger partial charge in [-0.05, 0) is 44.2 Å². The number of rotatable bonds is 7. The summed E-state index contributed by atoms with van der Waals surface area (Å²) in [5.41, 5.74) is 1.00. The number of carbonyl (C=O) groups is 1.